The molecule has 0 aliphatic carbocycles. The van der Waals surface area contributed by atoms with Crippen LogP contribution in [0.5, 0.6) is 0 Å². The second-order valence-electron chi connectivity index (χ2n) is 9.18. The van der Waals surface area contributed by atoms with Crippen molar-refractivity contribution in [1.29, 1.82) is 0 Å². The van der Waals surface area contributed by atoms with E-state index in [0.717, 1.165) is 42.1 Å². The van der Waals surface area contributed by atoms with Gasteiger partial charge in [0.05, 0.1) is 7.11 Å². The maximum atomic E-state index is 13.2. The molecule has 2 aromatic rings. The van der Waals surface area contributed by atoms with Gasteiger partial charge in [-0.1, -0.05) is 44.9 Å². The van der Waals surface area contributed by atoms with E-state index in [4.69, 9.17) is 4.74 Å². The van der Waals surface area contributed by atoms with E-state index in [1.807, 2.05) is 44.3 Å². The first-order valence-electron chi connectivity index (χ1n) is 11.9. The van der Waals surface area contributed by atoms with Crippen molar-refractivity contribution in [3.05, 3.63) is 36.0 Å². The number of H-pyrrole nitrogens is 1. The first kappa shape index (κ1) is 24.6. The number of carbonyl (C=O) groups excluding carboxylic acids is 3. The minimum atomic E-state index is -0.855. The van der Waals surface area contributed by atoms with Gasteiger partial charge in [-0.3, -0.25) is 4.79 Å². The van der Waals surface area contributed by atoms with Crippen LogP contribution in [0.15, 0.2) is 30.5 Å². The van der Waals surface area contributed by atoms with E-state index in [2.05, 4.69) is 15.6 Å². The molecular formula is C25H36N4O4. The third-order valence-electron chi connectivity index (χ3n) is 6.12. The summed E-state index contributed by atoms with van der Waals surface area (Å²) in [5, 5.41) is 6.74. The summed E-state index contributed by atoms with van der Waals surface area (Å²) < 4.78 is 4.97. The van der Waals surface area contributed by atoms with Gasteiger partial charge in [0.25, 0.3) is 0 Å². The van der Waals surface area contributed by atoms with Crippen molar-refractivity contribution in [3.63, 3.8) is 0 Å². The van der Waals surface area contributed by atoms with Gasteiger partial charge < -0.3 is 25.3 Å². The number of hydrogen-bond acceptors (Lipinski definition) is 4. The lowest BCUT2D eigenvalue weighted by atomic mass is 10.0. The Labute approximate surface area is 195 Å². The van der Waals surface area contributed by atoms with Crippen LogP contribution < -0.4 is 10.6 Å². The molecule has 3 amide bonds. The van der Waals surface area contributed by atoms with Crippen molar-refractivity contribution >= 4 is 28.8 Å². The predicted octanol–water partition coefficient (Wildman–Crippen LogP) is 3.37. The molecule has 1 aromatic carbocycles. The molecule has 3 rings (SSSR count). The monoisotopic (exact) mass is 456 g/mol. The fourth-order valence-corrected chi connectivity index (χ4v) is 4.35. The number of aromatic nitrogens is 1. The molecular weight excluding hydrogens is 420 g/mol. The minimum absolute atomic E-state index is 0.190. The number of aromatic amines is 1. The summed E-state index contributed by atoms with van der Waals surface area (Å²) in [5.74, 6) is -0.701. The Morgan fingerprint density at radius 3 is 2.39 bits per heavy atom. The molecule has 33 heavy (non-hydrogen) atoms. The Hall–Kier alpha value is -3.03. The van der Waals surface area contributed by atoms with E-state index in [0.29, 0.717) is 19.5 Å². The Balaban J connectivity index is 1.72. The van der Waals surface area contributed by atoms with E-state index < -0.39 is 18.1 Å². The van der Waals surface area contributed by atoms with E-state index >= 15 is 0 Å². The van der Waals surface area contributed by atoms with Crippen LogP contribution >= 0.6 is 0 Å². The molecule has 0 bridgehead atoms. The quantitative estimate of drug-likeness (QED) is 0.530. The number of likely N-dealkylation sites (tertiary alicyclic amines) is 1. The van der Waals surface area contributed by atoms with Crippen LogP contribution in [-0.2, 0) is 20.7 Å². The lowest BCUT2D eigenvalue weighted by molar-refractivity contribution is -0.145. The number of nitrogens with zero attached hydrogens (tertiary/aromatic N) is 1. The number of nitrogens with one attached hydrogen (secondary N) is 3. The number of esters is 1. The van der Waals surface area contributed by atoms with Crippen molar-refractivity contribution in [2.45, 2.75) is 64.5 Å². The molecule has 8 heteroatoms. The SMILES string of the molecule is COC(=O)[C@@H](Cc1c[nH]c2ccccc12)NC(=O)[C@@H](CC(C)C)NC(=O)N1CCCCCC1. The number of carbonyl (C=O) groups is 3. The Morgan fingerprint density at radius 1 is 1.03 bits per heavy atom. The van der Waals surface area contributed by atoms with Gasteiger partial charge >= 0.3 is 12.0 Å². The standard InChI is InChI=1S/C25H36N4O4/c1-17(2)14-21(28-25(32)29-12-8-4-5-9-13-29)23(30)27-22(24(31)33-3)15-18-16-26-20-11-7-6-10-19(18)20/h6-7,10-11,16-17,21-22,26H,4-5,8-9,12-15H2,1-3H3,(H,27,30)(H,28,32)/t21-,22-/m1/s1. The Morgan fingerprint density at radius 2 is 1.73 bits per heavy atom. The zero-order valence-corrected chi connectivity index (χ0v) is 19.9. The Kier molecular flexibility index (Phi) is 8.74. The van der Waals surface area contributed by atoms with Crippen molar-refractivity contribution in [1.82, 2.24) is 20.5 Å². The van der Waals surface area contributed by atoms with Gasteiger partial charge in [-0.2, -0.15) is 0 Å². The average Bonchev–Trinajstić information content (AvgIpc) is 3.01. The van der Waals surface area contributed by atoms with Crippen molar-refractivity contribution < 1.29 is 19.1 Å². The van der Waals surface area contributed by atoms with Crippen LogP contribution in [0.25, 0.3) is 10.9 Å². The number of hydrogen-bond donors (Lipinski definition) is 3. The topological polar surface area (TPSA) is 104 Å². The van der Waals surface area contributed by atoms with E-state index in [1.54, 1.807) is 4.90 Å². The first-order chi connectivity index (χ1) is 15.9. The summed E-state index contributed by atoms with van der Waals surface area (Å²) in [4.78, 5) is 43.6. The number of amides is 3. The molecule has 1 aliphatic rings. The molecule has 3 N–H and O–H groups in total. The summed E-state index contributed by atoms with van der Waals surface area (Å²) in [7, 11) is 1.31. The zero-order chi connectivity index (χ0) is 23.8. The average molecular weight is 457 g/mol. The molecule has 180 valence electrons. The highest BCUT2D eigenvalue weighted by molar-refractivity contribution is 5.91. The van der Waals surface area contributed by atoms with Gasteiger partial charge in [0.15, 0.2) is 0 Å². The van der Waals surface area contributed by atoms with Crippen LogP contribution in [0.1, 0.15) is 51.5 Å². The third-order valence-corrected chi connectivity index (χ3v) is 6.12. The van der Waals surface area contributed by atoms with Crippen LogP contribution in [0.3, 0.4) is 0 Å². The van der Waals surface area contributed by atoms with Gasteiger partial charge in [0.1, 0.15) is 12.1 Å². The van der Waals surface area contributed by atoms with Crippen molar-refractivity contribution in [2.75, 3.05) is 20.2 Å². The fraction of sp³-hybridized carbons (Fsp3) is 0.560. The highest BCUT2D eigenvalue weighted by atomic mass is 16.5. The summed E-state index contributed by atoms with van der Waals surface area (Å²) in [5.41, 5.74) is 1.88. The van der Waals surface area contributed by atoms with Gasteiger partial charge in [0, 0.05) is 36.6 Å². The van der Waals surface area contributed by atoms with Gasteiger partial charge in [-0.25, -0.2) is 9.59 Å². The second kappa shape index (κ2) is 11.7. The summed E-state index contributed by atoms with van der Waals surface area (Å²) in [6, 6.07) is 6.00. The smallest absolute Gasteiger partial charge is 0.328 e. The molecule has 0 radical (unpaired) electrons. The molecule has 1 saturated heterocycles. The maximum Gasteiger partial charge on any atom is 0.328 e. The number of urea groups is 1. The number of methoxy groups -OCH3 is 1. The molecule has 2 atom stereocenters. The molecule has 0 spiro atoms. The van der Waals surface area contributed by atoms with Crippen molar-refractivity contribution in [3.8, 4) is 0 Å². The predicted molar refractivity (Wildman–Crippen MR) is 128 cm³/mol. The first-order valence-corrected chi connectivity index (χ1v) is 11.9. The normalized spacial score (nSPS) is 16.2. The largest absolute Gasteiger partial charge is 0.467 e. The highest BCUT2D eigenvalue weighted by Crippen LogP contribution is 2.20. The van der Waals surface area contributed by atoms with Crippen LogP contribution in [0.4, 0.5) is 4.79 Å². The lowest BCUT2D eigenvalue weighted by Gasteiger charge is -2.27. The van der Waals surface area contributed by atoms with Crippen LogP contribution in [0.2, 0.25) is 0 Å². The van der Waals surface area contributed by atoms with E-state index in [9.17, 15) is 14.4 Å². The third kappa shape index (κ3) is 6.73. The summed E-state index contributed by atoms with van der Waals surface area (Å²) in [6.45, 7) is 5.41. The minimum Gasteiger partial charge on any atom is -0.467 e. The number of ether oxygens (including phenoxy) is 1. The Bertz CT molecular complexity index is 947. The van der Waals surface area contributed by atoms with Gasteiger partial charge in [0.2, 0.25) is 5.91 Å². The molecule has 1 aromatic heterocycles. The number of fused-ring (bicyclic) bond motifs is 1. The molecule has 2 heterocycles. The lowest BCUT2D eigenvalue weighted by Crippen LogP contribution is -2.55. The fourth-order valence-electron chi connectivity index (χ4n) is 4.35. The number of para-hydroxylation sites is 1. The van der Waals surface area contributed by atoms with Gasteiger partial charge in [-0.05, 0) is 36.8 Å². The summed E-state index contributed by atoms with van der Waals surface area (Å²) in [6.07, 6.45) is 6.80. The molecule has 8 nitrogen and oxygen atoms in total. The highest BCUT2D eigenvalue weighted by Gasteiger charge is 2.30. The number of benzene rings is 1. The second-order valence-corrected chi connectivity index (χ2v) is 9.18. The molecule has 0 saturated carbocycles. The summed E-state index contributed by atoms with van der Waals surface area (Å²) >= 11 is 0. The number of rotatable bonds is 8. The molecule has 1 fully saturated rings. The van der Waals surface area contributed by atoms with Crippen LogP contribution in [-0.4, -0.2) is 60.1 Å². The molecule has 1 aliphatic heterocycles. The zero-order valence-electron chi connectivity index (χ0n) is 19.9. The van der Waals surface area contributed by atoms with Crippen LogP contribution in [0, 0.1) is 5.92 Å². The molecule has 0 unspecified atom stereocenters. The van der Waals surface area contributed by atoms with Gasteiger partial charge in [-0.15, -0.1) is 0 Å². The van der Waals surface area contributed by atoms with Crippen molar-refractivity contribution in [2.24, 2.45) is 5.92 Å². The maximum absolute atomic E-state index is 13.2. The van der Waals surface area contributed by atoms with E-state index in [1.165, 1.54) is 7.11 Å². The van der Waals surface area contributed by atoms with E-state index in [-0.39, 0.29) is 24.3 Å².